The molecule has 0 saturated heterocycles. The van der Waals surface area contributed by atoms with Crippen LogP contribution in [0.15, 0.2) is 33.1 Å². The molecule has 0 bridgehead atoms. The average molecular weight is 375 g/mol. The number of sulfonamides is 1. The van der Waals surface area contributed by atoms with Gasteiger partial charge in [0, 0.05) is 29.9 Å². The molecule has 0 atom stereocenters. The summed E-state index contributed by atoms with van der Waals surface area (Å²) >= 11 is 1.25. The summed E-state index contributed by atoms with van der Waals surface area (Å²) in [5.74, 6) is 0.693. The molecule has 3 aromatic heterocycles. The molecular weight excluding hydrogens is 358 g/mol. The minimum absolute atomic E-state index is 0.333. The highest BCUT2D eigenvalue weighted by Crippen LogP contribution is 2.37. The summed E-state index contributed by atoms with van der Waals surface area (Å²) in [6.07, 6.45) is 1.77. The minimum atomic E-state index is -3.54. The van der Waals surface area contributed by atoms with Gasteiger partial charge in [0.2, 0.25) is 0 Å². The maximum atomic E-state index is 13.0. The van der Waals surface area contributed by atoms with Gasteiger partial charge >= 0.3 is 0 Å². The van der Waals surface area contributed by atoms with Crippen LogP contribution in [0.4, 0.5) is 0 Å². The van der Waals surface area contributed by atoms with Crippen molar-refractivity contribution in [3.05, 3.63) is 52.7 Å². The highest BCUT2D eigenvalue weighted by Gasteiger charge is 2.32. The summed E-state index contributed by atoms with van der Waals surface area (Å²) in [5.41, 5.74) is 4.53. The second-order valence-corrected chi connectivity index (χ2v) is 9.43. The summed E-state index contributed by atoms with van der Waals surface area (Å²) in [6.45, 7) is 6.34. The number of thiophene rings is 1. The third-order valence-corrected chi connectivity index (χ3v) is 7.73. The second-order valence-electron chi connectivity index (χ2n) is 6.19. The fourth-order valence-electron chi connectivity index (χ4n) is 3.10. The predicted molar refractivity (Wildman–Crippen MR) is 94.7 cm³/mol. The Hall–Kier alpha value is -2.03. The molecule has 4 heterocycles. The summed E-state index contributed by atoms with van der Waals surface area (Å²) in [6, 6.07) is 5.43. The topological polar surface area (TPSA) is 76.3 Å². The first-order valence-corrected chi connectivity index (χ1v) is 10.1. The zero-order chi connectivity index (χ0) is 17.8. The van der Waals surface area contributed by atoms with Gasteiger partial charge in [-0.25, -0.2) is 8.42 Å². The first-order valence-electron chi connectivity index (χ1n) is 7.84. The van der Waals surface area contributed by atoms with E-state index in [4.69, 9.17) is 4.52 Å². The molecule has 0 spiro atoms. The van der Waals surface area contributed by atoms with Crippen molar-refractivity contribution in [1.82, 2.24) is 14.4 Å². The summed E-state index contributed by atoms with van der Waals surface area (Å²) in [5, 5.41) is 3.94. The Morgan fingerprint density at radius 3 is 2.64 bits per heavy atom. The van der Waals surface area contributed by atoms with Crippen molar-refractivity contribution in [1.29, 1.82) is 0 Å². The lowest BCUT2D eigenvalue weighted by atomic mass is 10.2. The van der Waals surface area contributed by atoms with Crippen molar-refractivity contribution in [2.75, 3.05) is 0 Å². The fraction of sp³-hybridized carbons (Fsp3) is 0.294. The molecule has 0 aromatic carbocycles. The van der Waals surface area contributed by atoms with Crippen LogP contribution in [0, 0.1) is 20.8 Å². The number of aryl methyl sites for hydroxylation is 3. The maximum absolute atomic E-state index is 13.0. The first-order chi connectivity index (χ1) is 11.9. The number of nitrogens with zero attached hydrogens (tertiary/aromatic N) is 3. The van der Waals surface area contributed by atoms with Gasteiger partial charge in [0.1, 0.15) is 9.97 Å². The molecule has 8 heteroatoms. The number of hydrogen-bond donors (Lipinski definition) is 0. The Balaban J connectivity index is 1.67. The predicted octanol–water partition coefficient (Wildman–Crippen LogP) is 3.43. The number of hydrogen-bond acceptors (Lipinski definition) is 6. The Kier molecular flexibility index (Phi) is 3.78. The maximum Gasteiger partial charge on any atom is 0.253 e. The van der Waals surface area contributed by atoms with Crippen molar-refractivity contribution < 1.29 is 12.9 Å². The van der Waals surface area contributed by atoms with Gasteiger partial charge in [-0.3, -0.25) is 4.98 Å². The molecule has 0 saturated carbocycles. The van der Waals surface area contributed by atoms with Gasteiger partial charge in [-0.2, -0.15) is 4.31 Å². The molecule has 0 radical (unpaired) electrons. The van der Waals surface area contributed by atoms with Crippen LogP contribution in [-0.2, 0) is 23.1 Å². The standard InChI is InChI=1S/C17H17N3O3S2/c1-10-6-13-8-20(9-14(13)7-18-10)25(21,22)16-5-4-15(24-16)17-11(2)19-23-12(17)3/h4-7H,8-9H2,1-3H3. The van der Waals surface area contributed by atoms with Crippen LogP contribution in [0.3, 0.4) is 0 Å². The molecule has 0 N–H and O–H groups in total. The monoisotopic (exact) mass is 375 g/mol. The number of aromatic nitrogens is 2. The van der Waals surface area contributed by atoms with E-state index in [9.17, 15) is 8.42 Å². The fourth-order valence-corrected chi connectivity index (χ4v) is 6.10. The molecule has 25 heavy (non-hydrogen) atoms. The van der Waals surface area contributed by atoms with E-state index < -0.39 is 10.0 Å². The highest BCUT2D eigenvalue weighted by molar-refractivity contribution is 7.91. The average Bonchev–Trinajstić information content (AvgIpc) is 3.26. The lowest BCUT2D eigenvalue weighted by Gasteiger charge is -2.13. The smallest absolute Gasteiger partial charge is 0.253 e. The minimum Gasteiger partial charge on any atom is -0.361 e. The first kappa shape index (κ1) is 16.4. The van der Waals surface area contributed by atoms with Gasteiger partial charge < -0.3 is 4.52 Å². The Morgan fingerprint density at radius 2 is 1.92 bits per heavy atom. The lowest BCUT2D eigenvalue weighted by Crippen LogP contribution is -2.24. The van der Waals surface area contributed by atoms with Gasteiger partial charge in [0.05, 0.1) is 11.3 Å². The second kappa shape index (κ2) is 5.76. The summed E-state index contributed by atoms with van der Waals surface area (Å²) in [7, 11) is -3.54. The lowest BCUT2D eigenvalue weighted by molar-refractivity contribution is 0.393. The van der Waals surface area contributed by atoms with E-state index in [-0.39, 0.29) is 0 Å². The molecule has 0 aliphatic carbocycles. The van der Waals surface area contributed by atoms with Crippen molar-refractivity contribution >= 4 is 21.4 Å². The van der Waals surface area contributed by atoms with Gasteiger partial charge in [-0.1, -0.05) is 5.16 Å². The van der Waals surface area contributed by atoms with Gasteiger partial charge in [0.15, 0.2) is 0 Å². The third kappa shape index (κ3) is 2.70. The van der Waals surface area contributed by atoms with Gasteiger partial charge in [0.25, 0.3) is 10.0 Å². The van der Waals surface area contributed by atoms with Gasteiger partial charge in [-0.05, 0) is 50.1 Å². The van der Waals surface area contributed by atoms with E-state index in [1.165, 1.54) is 15.6 Å². The molecule has 0 unspecified atom stereocenters. The molecule has 0 fully saturated rings. The summed E-state index contributed by atoms with van der Waals surface area (Å²) < 4.78 is 33.1. The summed E-state index contributed by atoms with van der Waals surface area (Å²) in [4.78, 5) is 5.11. The molecule has 1 aliphatic heterocycles. The quantitative estimate of drug-likeness (QED) is 0.701. The van der Waals surface area contributed by atoms with E-state index in [1.54, 1.807) is 12.3 Å². The number of rotatable bonds is 3. The van der Waals surface area contributed by atoms with Crippen LogP contribution in [0.1, 0.15) is 28.3 Å². The molecule has 6 nitrogen and oxygen atoms in total. The van der Waals surface area contributed by atoms with Crippen molar-refractivity contribution in [2.24, 2.45) is 0 Å². The van der Waals surface area contributed by atoms with Crippen LogP contribution in [0.2, 0.25) is 0 Å². The van der Waals surface area contributed by atoms with Crippen LogP contribution >= 0.6 is 11.3 Å². The van der Waals surface area contributed by atoms with Crippen molar-refractivity contribution in [2.45, 2.75) is 38.1 Å². The van der Waals surface area contributed by atoms with E-state index in [0.717, 1.165) is 33.0 Å². The molecule has 130 valence electrons. The van der Waals surface area contributed by atoms with Crippen LogP contribution in [-0.4, -0.2) is 22.9 Å². The zero-order valence-corrected chi connectivity index (χ0v) is 15.7. The van der Waals surface area contributed by atoms with E-state index in [0.29, 0.717) is 23.1 Å². The molecule has 0 amide bonds. The Labute approximate surface area is 150 Å². The van der Waals surface area contributed by atoms with E-state index in [2.05, 4.69) is 10.1 Å². The largest absolute Gasteiger partial charge is 0.361 e. The molecular formula is C17H17N3O3S2. The number of pyridine rings is 1. The molecule has 4 rings (SSSR count). The number of fused-ring (bicyclic) bond motifs is 1. The Bertz CT molecular complexity index is 1050. The van der Waals surface area contributed by atoms with Crippen molar-refractivity contribution in [3.63, 3.8) is 0 Å². The van der Waals surface area contributed by atoms with Crippen LogP contribution in [0.5, 0.6) is 0 Å². The molecule has 3 aromatic rings. The zero-order valence-electron chi connectivity index (χ0n) is 14.1. The SMILES string of the molecule is Cc1cc2c(cn1)CN(S(=O)(=O)c1ccc(-c3c(C)noc3C)s1)C2. The highest BCUT2D eigenvalue weighted by atomic mass is 32.2. The van der Waals surface area contributed by atoms with Crippen LogP contribution in [0.25, 0.3) is 10.4 Å². The van der Waals surface area contributed by atoms with E-state index in [1.807, 2.05) is 32.9 Å². The van der Waals surface area contributed by atoms with Crippen LogP contribution < -0.4 is 0 Å². The molecule has 1 aliphatic rings. The third-order valence-electron chi connectivity index (χ3n) is 4.37. The normalized spacial score (nSPS) is 14.8. The Morgan fingerprint density at radius 1 is 1.16 bits per heavy atom. The van der Waals surface area contributed by atoms with Crippen molar-refractivity contribution in [3.8, 4) is 10.4 Å². The van der Waals surface area contributed by atoms with E-state index >= 15 is 0 Å². The van der Waals surface area contributed by atoms with Gasteiger partial charge in [-0.15, -0.1) is 11.3 Å².